The predicted octanol–water partition coefficient (Wildman–Crippen LogP) is 1.87. The lowest BCUT2D eigenvalue weighted by Crippen LogP contribution is -2.51. The van der Waals surface area contributed by atoms with Crippen molar-refractivity contribution in [2.75, 3.05) is 37.9 Å². The van der Waals surface area contributed by atoms with Crippen LogP contribution in [-0.4, -0.2) is 43.6 Å². The quantitative estimate of drug-likeness (QED) is 0.844. The van der Waals surface area contributed by atoms with Crippen molar-refractivity contribution < 1.29 is 9.53 Å². The van der Waals surface area contributed by atoms with Crippen molar-refractivity contribution in [3.63, 3.8) is 0 Å². The number of carbonyl (C=O) groups excluding carboxylic acids is 1. The van der Waals surface area contributed by atoms with E-state index >= 15 is 0 Å². The molecule has 0 aromatic heterocycles. The first-order valence-corrected chi connectivity index (χ1v) is 7.51. The number of carbonyl (C=O) groups is 1. The molecule has 2 saturated heterocycles. The number of nitrogens with two attached hydrogens (primary N) is 1. The van der Waals surface area contributed by atoms with Gasteiger partial charge in [-0.3, -0.25) is 4.79 Å². The summed E-state index contributed by atoms with van der Waals surface area (Å²) < 4.78 is 5.30. The van der Waals surface area contributed by atoms with E-state index in [1.54, 1.807) is 7.11 Å². The van der Waals surface area contributed by atoms with Crippen LogP contribution in [0.1, 0.15) is 25.7 Å². The number of anilines is 2. The van der Waals surface area contributed by atoms with E-state index in [1.165, 1.54) is 0 Å². The van der Waals surface area contributed by atoms with Crippen molar-refractivity contribution in [1.82, 2.24) is 4.90 Å². The van der Waals surface area contributed by atoms with Gasteiger partial charge in [0.1, 0.15) is 5.75 Å². The molecule has 2 aliphatic rings. The second-order valence-electron chi connectivity index (χ2n) is 6.09. The van der Waals surface area contributed by atoms with Crippen LogP contribution < -0.4 is 15.4 Å². The van der Waals surface area contributed by atoms with Crippen LogP contribution in [0, 0.1) is 0 Å². The highest BCUT2D eigenvalue weighted by molar-refractivity contribution is 5.79. The van der Waals surface area contributed by atoms with E-state index in [2.05, 4.69) is 4.90 Å². The van der Waals surface area contributed by atoms with Gasteiger partial charge in [-0.15, -0.1) is 0 Å². The van der Waals surface area contributed by atoms with Crippen molar-refractivity contribution in [2.24, 2.45) is 0 Å². The van der Waals surface area contributed by atoms with Gasteiger partial charge >= 0.3 is 0 Å². The van der Waals surface area contributed by atoms with Crippen LogP contribution in [0.3, 0.4) is 0 Å². The highest BCUT2D eigenvalue weighted by Gasteiger charge is 2.44. The Bertz CT molecular complexity index is 550. The van der Waals surface area contributed by atoms with Crippen LogP contribution in [0.2, 0.25) is 0 Å². The number of ether oxygens (including phenoxy) is 1. The summed E-state index contributed by atoms with van der Waals surface area (Å²) in [6, 6.07) is 5.93. The maximum atomic E-state index is 11.8. The molecule has 2 fully saturated rings. The normalized spacial score (nSPS) is 21.1. The van der Waals surface area contributed by atoms with Crippen LogP contribution in [0.5, 0.6) is 5.75 Å². The average molecular weight is 289 g/mol. The Morgan fingerprint density at radius 1 is 1.24 bits per heavy atom. The van der Waals surface area contributed by atoms with Crippen LogP contribution >= 0.6 is 0 Å². The second-order valence-corrected chi connectivity index (χ2v) is 6.09. The first kappa shape index (κ1) is 14.0. The van der Waals surface area contributed by atoms with Crippen molar-refractivity contribution in [3.8, 4) is 5.75 Å². The molecule has 5 heteroatoms. The lowest BCUT2D eigenvalue weighted by molar-refractivity contribution is -0.130. The zero-order valence-electron chi connectivity index (χ0n) is 12.8. The molecule has 5 nitrogen and oxygen atoms in total. The zero-order valence-corrected chi connectivity index (χ0v) is 12.8. The first-order valence-electron chi connectivity index (χ1n) is 7.51. The molecule has 2 aliphatic heterocycles. The Morgan fingerprint density at radius 2 is 1.95 bits per heavy atom. The van der Waals surface area contributed by atoms with E-state index in [0.717, 1.165) is 43.8 Å². The van der Waals surface area contributed by atoms with Crippen molar-refractivity contribution >= 4 is 17.3 Å². The fraction of sp³-hybridized carbons (Fsp3) is 0.562. The largest absolute Gasteiger partial charge is 0.495 e. The fourth-order valence-electron chi connectivity index (χ4n) is 3.60. The maximum absolute atomic E-state index is 11.8. The van der Waals surface area contributed by atoms with E-state index in [0.29, 0.717) is 12.1 Å². The van der Waals surface area contributed by atoms with Crippen molar-refractivity contribution in [1.29, 1.82) is 0 Å². The number of nitrogens with zero attached hydrogens (tertiary/aromatic N) is 2. The van der Waals surface area contributed by atoms with Crippen LogP contribution in [0.4, 0.5) is 11.4 Å². The summed E-state index contributed by atoms with van der Waals surface area (Å²) in [6.07, 6.45) is 3.76. The van der Waals surface area contributed by atoms with Crippen LogP contribution in [-0.2, 0) is 4.79 Å². The van der Waals surface area contributed by atoms with Gasteiger partial charge in [-0.25, -0.2) is 0 Å². The second kappa shape index (κ2) is 5.13. The molecular weight excluding hydrogens is 266 g/mol. The lowest BCUT2D eigenvalue weighted by Gasteiger charge is -2.44. The molecule has 21 heavy (non-hydrogen) atoms. The number of nitrogen functional groups attached to an aromatic ring is 1. The van der Waals surface area contributed by atoms with Gasteiger partial charge in [0.2, 0.25) is 5.91 Å². The van der Waals surface area contributed by atoms with Crippen LogP contribution in [0.25, 0.3) is 0 Å². The molecule has 0 aliphatic carbocycles. The Morgan fingerprint density at radius 3 is 2.52 bits per heavy atom. The maximum Gasteiger partial charge on any atom is 0.222 e. The summed E-state index contributed by atoms with van der Waals surface area (Å²) in [6.45, 7) is 1.93. The molecule has 1 aromatic rings. The topological polar surface area (TPSA) is 58.8 Å². The molecule has 2 heterocycles. The molecule has 0 saturated carbocycles. The first-order chi connectivity index (χ1) is 10.1. The molecule has 1 amide bonds. The third kappa shape index (κ3) is 2.30. The Balaban J connectivity index is 1.73. The van der Waals surface area contributed by atoms with Gasteiger partial charge in [0.25, 0.3) is 0 Å². The summed E-state index contributed by atoms with van der Waals surface area (Å²) in [4.78, 5) is 16.1. The Kier molecular flexibility index (Phi) is 3.43. The summed E-state index contributed by atoms with van der Waals surface area (Å²) in [5.41, 5.74) is 7.76. The molecule has 2 N–H and O–H groups in total. The van der Waals surface area contributed by atoms with Gasteiger partial charge in [0.15, 0.2) is 0 Å². The monoisotopic (exact) mass is 289 g/mol. The third-order valence-corrected chi connectivity index (χ3v) is 5.17. The van der Waals surface area contributed by atoms with Crippen molar-refractivity contribution in [2.45, 2.75) is 31.2 Å². The highest BCUT2D eigenvalue weighted by atomic mass is 16.5. The number of rotatable bonds is 2. The Hall–Kier alpha value is -1.91. The number of amides is 1. The van der Waals surface area contributed by atoms with E-state index in [1.807, 2.05) is 30.1 Å². The summed E-state index contributed by atoms with van der Waals surface area (Å²) in [5.74, 6) is 1.01. The van der Waals surface area contributed by atoms with Crippen molar-refractivity contribution in [3.05, 3.63) is 18.2 Å². The van der Waals surface area contributed by atoms with E-state index in [9.17, 15) is 4.79 Å². The molecule has 0 radical (unpaired) electrons. The lowest BCUT2D eigenvalue weighted by atomic mass is 9.85. The molecule has 114 valence electrons. The van der Waals surface area contributed by atoms with Gasteiger partial charge < -0.3 is 20.3 Å². The number of hydrogen-bond acceptors (Lipinski definition) is 4. The summed E-state index contributed by atoms with van der Waals surface area (Å²) in [7, 11) is 3.59. The molecular formula is C16H23N3O2. The molecule has 0 unspecified atom stereocenters. The zero-order chi connectivity index (χ0) is 15.0. The number of benzene rings is 1. The third-order valence-electron chi connectivity index (χ3n) is 5.17. The highest BCUT2D eigenvalue weighted by Crippen LogP contribution is 2.39. The van der Waals surface area contributed by atoms with Crippen LogP contribution in [0.15, 0.2) is 18.2 Å². The van der Waals surface area contributed by atoms with Gasteiger partial charge in [-0.1, -0.05) is 0 Å². The number of hydrogen-bond donors (Lipinski definition) is 1. The molecule has 0 atom stereocenters. The number of piperidine rings is 1. The Labute approximate surface area is 125 Å². The summed E-state index contributed by atoms with van der Waals surface area (Å²) >= 11 is 0. The van der Waals surface area contributed by atoms with E-state index < -0.39 is 0 Å². The minimum atomic E-state index is 0.0888. The van der Waals surface area contributed by atoms with Gasteiger partial charge in [0.05, 0.1) is 12.8 Å². The van der Waals surface area contributed by atoms with E-state index in [4.69, 9.17) is 10.5 Å². The minimum absolute atomic E-state index is 0.0888. The molecule has 3 rings (SSSR count). The number of likely N-dealkylation sites (tertiary alicyclic amines) is 1. The molecule has 1 spiro atoms. The fourth-order valence-corrected chi connectivity index (χ4v) is 3.60. The summed E-state index contributed by atoms with van der Waals surface area (Å²) in [5, 5.41) is 0. The van der Waals surface area contributed by atoms with Gasteiger partial charge in [-0.05, 0) is 31.4 Å². The molecule has 1 aromatic carbocycles. The smallest absolute Gasteiger partial charge is 0.222 e. The number of methoxy groups -OCH3 is 1. The van der Waals surface area contributed by atoms with E-state index in [-0.39, 0.29) is 11.4 Å². The predicted molar refractivity (Wildman–Crippen MR) is 83.6 cm³/mol. The standard InChI is InChI=1S/C16H23N3O2/c1-18-15(20)5-6-16(18)7-9-19(10-8-16)12-3-4-13(17)14(11-12)21-2/h3-4,11H,5-10,17H2,1-2H3. The SMILES string of the molecule is COc1cc(N2CCC3(CCC(=O)N3C)CC2)ccc1N. The molecule has 0 bridgehead atoms. The minimum Gasteiger partial charge on any atom is -0.495 e. The average Bonchev–Trinajstić information content (AvgIpc) is 2.78. The van der Waals surface area contributed by atoms with Gasteiger partial charge in [0, 0.05) is 43.9 Å². The van der Waals surface area contributed by atoms with Gasteiger partial charge in [-0.2, -0.15) is 0 Å².